The molecule has 1 saturated heterocycles. The molecule has 1 atom stereocenters. The molecule has 1 aromatic rings. The second-order valence-corrected chi connectivity index (χ2v) is 6.92. The lowest BCUT2D eigenvalue weighted by atomic mass is 10.0. The first-order valence-corrected chi connectivity index (χ1v) is 9.01. The summed E-state index contributed by atoms with van der Waals surface area (Å²) in [6.45, 7) is 2.27. The Morgan fingerprint density at radius 2 is 2.04 bits per heavy atom. The third-order valence-electron chi connectivity index (χ3n) is 4.88. The van der Waals surface area contributed by atoms with Crippen LogP contribution in [0.1, 0.15) is 44.9 Å². The van der Waals surface area contributed by atoms with Crippen LogP contribution in [0.3, 0.4) is 0 Å². The van der Waals surface area contributed by atoms with Gasteiger partial charge in [-0.15, -0.1) is 12.4 Å². The van der Waals surface area contributed by atoms with Crippen LogP contribution in [0.5, 0.6) is 0 Å². The topological polar surface area (TPSA) is 88.1 Å². The van der Waals surface area contributed by atoms with Crippen LogP contribution in [0.15, 0.2) is 12.4 Å². The van der Waals surface area contributed by atoms with E-state index < -0.39 is 0 Å². The van der Waals surface area contributed by atoms with Crippen LogP contribution in [-0.2, 0) is 16.1 Å². The lowest BCUT2D eigenvalue weighted by Gasteiger charge is -2.11. The molecule has 140 valence electrons. The minimum atomic E-state index is -0.0170. The van der Waals surface area contributed by atoms with Crippen molar-refractivity contribution in [2.75, 3.05) is 18.4 Å². The van der Waals surface area contributed by atoms with Crippen molar-refractivity contribution < 1.29 is 9.59 Å². The maximum atomic E-state index is 12.0. The summed E-state index contributed by atoms with van der Waals surface area (Å²) in [4.78, 5) is 24.0. The molecule has 3 rings (SSSR count). The van der Waals surface area contributed by atoms with Crippen molar-refractivity contribution in [1.82, 2.24) is 20.4 Å². The van der Waals surface area contributed by atoms with Crippen molar-refractivity contribution in [2.24, 2.45) is 5.92 Å². The normalized spacial score (nSPS) is 20.2. The van der Waals surface area contributed by atoms with Crippen LogP contribution in [0, 0.1) is 5.92 Å². The van der Waals surface area contributed by atoms with Gasteiger partial charge in [0.1, 0.15) is 6.54 Å². The summed E-state index contributed by atoms with van der Waals surface area (Å²) in [5, 5.41) is 13.4. The summed E-state index contributed by atoms with van der Waals surface area (Å²) >= 11 is 0. The summed E-state index contributed by atoms with van der Waals surface area (Å²) in [6, 6.07) is 0.317. The summed E-state index contributed by atoms with van der Waals surface area (Å²) < 4.78 is 1.57. The predicted molar refractivity (Wildman–Crippen MR) is 98.7 cm³/mol. The molecule has 2 aliphatic rings. The maximum absolute atomic E-state index is 12.0. The Bertz CT molecular complexity index is 565. The fourth-order valence-electron chi connectivity index (χ4n) is 3.52. The molecule has 0 bridgehead atoms. The molecule has 1 unspecified atom stereocenters. The molecule has 7 nitrogen and oxygen atoms in total. The van der Waals surface area contributed by atoms with Crippen LogP contribution in [0.25, 0.3) is 0 Å². The van der Waals surface area contributed by atoms with Crippen molar-refractivity contribution in [3.8, 4) is 0 Å². The van der Waals surface area contributed by atoms with E-state index in [4.69, 9.17) is 0 Å². The molecule has 8 heteroatoms. The number of carbonyl (C=O) groups is 2. The molecule has 2 heterocycles. The second-order valence-electron chi connectivity index (χ2n) is 6.92. The van der Waals surface area contributed by atoms with Gasteiger partial charge in [0.2, 0.25) is 11.8 Å². The average Bonchev–Trinajstić information content (AvgIpc) is 3.28. The van der Waals surface area contributed by atoms with E-state index in [0.29, 0.717) is 24.1 Å². The monoisotopic (exact) mass is 369 g/mol. The Labute approximate surface area is 154 Å². The van der Waals surface area contributed by atoms with Crippen LogP contribution < -0.4 is 16.0 Å². The highest BCUT2D eigenvalue weighted by Crippen LogP contribution is 2.18. The summed E-state index contributed by atoms with van der Waals surface area (Å²) in [5.74, 6) is 0.603. The smallest absolute Gasteiger partial charge is 0.241 e. The van der Waals surface area contributed by atoms with E-state index in [0.717, 1.165) is 38.8 Å². The Morgan fingerprint density at radius 1 is 1.24 bits per heavy atom. The van der Waals surface area contributed by atoms with Gasteiger partial charge in [-0.1, -0.05) is 12.8 Å². The maximum Gasteiger partial charge on any atom is 0.241 e. The summed E-state index contributed by atoms with van der Waals surface area (Å²) in [7, 11) is 0. The second kappa shape index (κ2) is 9.77. The zero-order valence-electron chi connectivity index (χ0n) is 14.5. The Balaban J connectivity index is 0.00000225. The zero-order valence-corrected chi connectivity index (χ0v) is 15.3. The quantitative estimate of drug-likeness (QED) is 0.682. The highest BCUT2D eigenvalue weighted by atomic mass is 35.5. The fraction of sp³-hybridized carbons (Fsp3) is 0.706. The zero-order chi connectivity index (χ0) is 16.8. The van der Waals surface area contributed by atoms with Crippen molar-refractivity contribution in [2.45, 2.75) is 57.5 Å². The molecule has 2 fully saturated rings. The SMILES string of the molecule is Cl.O=C(CCC1CCNC1)Nc1cnn(CC(=O)NC2CCCC2)c1. The first-order chi connectivity index (χ1) is 11.7. The standard InChI is InChI=1S/C17H27N5O2.ClH/c23-16(6-5-13-7-8-18-9-13)21-15-10-19-22(11-15)12-17(24)20-14-3-1-2-4-14;/h10-11,13-14,18H,1-9,12H2,(H,20,24)(H,21,23);1H. The third-order valence-corrected chi connectivity index (χ3v) is 4.88. The predicted octanol–water partition coefficient (Wildman–Crippen LogP) is 1.69. The van der Waals surface area contributed by atoms with Gasteiger partial charge in [-0.3, -0.25) is 14.3 Å². The van der Waals surface area contributed by atoms with E-state index in [1.54, 1.807) is 17.1 Å². The van der Waals surface area contributed by atoms with Crippen LogP contribution >= 0.6 is 12.4 Å². The Hall–Kier alpha value is -1.60. The molecule has 25 heavy (non-hydrogen) atoms. The first-order valence-electron chi connectivity index (χ1n) is 9.01. The number of anilines is 1. The molecule has 1 aliphatic carbocycles. The number of hydrogen-bond acceptors (Lipinski definition) is 4. The summed E-state index contributed by atoms with van der Waals surface area (Å²) in [5.41, 5.74) is 0.651. The molecule has 0 radical (unpaired) electrons. The number of nitrogens with zero attached hydrogens (tertiary/aromatic N) is 2. The van der Waals surface area contributed by atoms with Gasteiger partial charge in [0.15, 0.2) is 0 Å². The van der Waals surface area contributed by atoms with Crippen LogP contribution in [0.2, 0.25) is 0 Å². The number of amides is 2. The van der Waals surface area contributed by atoms with E-state index in [-0.39, 0.29) is 30.8 Å². The lowest BCUT2D eigenvalue weighted by Crippen LogP contribution is -2.35. The van der Waals surface area contributed by atoms with E-state index in [1.807, 2.05) is 0 Å². The molecule has 1 aromatic heterocycles. The molecule has 1 aliphatic heterocycles. The van der Waals surface area contributed by atoms with Gasteiger partial charge in [-0.05, 0) is 44.7 Å². The Kier molecular flexibility index (Phi) is 7.71. The third kappa shape index (κ3) is 6.32. The molecule has 0 spiro atoms. The minimum absolute atomic E-state index is 0. The van der Waals surface area contributed by atoms with Gasteiger partial charge >= 0.3 is 0 Å². The number of halogens is 1. The van der Waals surface area contributed by atoms with Gasteiger partial charge in [-0.2, -0.15) is 5.10 Å². The van der Waals surface area contributed by atoms with Crippen molar-refractivity contribution in [3.63, 3.8) is 0 Å². The van der Waals surface area contributed by atoms with Crippen LogP contribution in [-0.4, -0.2) is 40.7 Å². The van der Waals surface area contributed by atoms with Crippen LogP contribution in [0.4, 0.5) is 5.69 Å². The van der Waals surface area contributed by atoms with Crippen molar-refractivity contribution >= 4 is 29.9 Å². The largest absolute Gasteiger partial charge is 0.352 e. The highest BCUT2D eigenvalue weighted by Gasteiger charge is 2.18. The van der Waals surface area contributed by atoms with Gasteiger partial charge in [-0.25, -0.2) is 0 Å². The molecular formula is C17H28ClN5O2. The average molecular weight is 370 g/mol. The number of aromatic nitrogens is 2. The molecule has 0 aromatic carbocycles. The lowest BCUT2D eigenvalue weighted by molar-refractivity contribution is -0.122. The van der Waals surface area contributed by atoms with E-state index >= 15 is 0 Å². The van der Waals surface area contributed by atoms with Gasteiger partial charge in [0, 0.05) is 18.7 Å². The fourth-order valence-corrected chi connectivity index (χ4v) is 3.52. The molecular weight excluding hydrogens is 342 g/mol. The van der Waals surface area contributed by atoms with Gasteiger partial charge < -0.3 is 16.0 Å². The highest BCUT2D eigenvalue weighted by molar-refractivity contribution is 5.90. The molecule has 1 saturated carbocycles. The first kappa shape index (κ1) is 19.7. The number of carbonyl (C=O) groups excluding carboxylic acids is 2. The Morgan fingerprint density at radius 3 is 2.76 bits per heavy atom. The number of hydrogen-bond donors (Lipinski definition) is 3. The number of nitrogens with one attached hydrogen (secondary N) is 3. The molecule has 3 N–H and O–H groups in total. The summed E-state index contributed by atoms with van der Waals surface area (Å²) in [6.07, 6.45) is 10.4. The van der Waals surface area contributed by atoms with Crippen molar-refractivity contribution in [1.29, 1.82) is 0 Å². The van der Waals surface area contributed by atoms with Crippen molar-refractivity contribution in [3.05, 3.63) is 12.4 Å². The van der Waals surface area contributed by atoms with Gasteiger partial charge in [0.05, 0.1) is 11.9 Å². The minimum Gasteiger partial charge on any atom is -0.352 e. The van der Waals surface area contributed by atoms with Gasteiger partial charge in [0.25, 0.3) is 0 Å². The number of rotatable bonds is 7. The van der Waals surface area contributed by atoms with E-state index in [9.17, 15) is 9.59 Å². The molecule has 2 amide bonds. The van der Waals surface area contributed by atoms with E-state index in [2.05, 4.69) is 21.0 Å². The van der Waals surface area contributed by atoms with E-state index in [1.165, 1.54) is 12.8 Å².